The zero-order chi connectivity index (χ0) is 19.7. The summed E-state index contributed by atoms with van der Waals surface area (Å²) in [6.07, 6.45) is 4.05. The number of carbonyl (C=O) groups is 2. The number of hydrogen-bond donors (Lipinski definition) is 4. The average Bonchev–Trinajstić information content (AvgIpc) is 2.60. The van der Waals surface area contributed by atoms with E-state index < -0.39 is 5.79 Å². The maximum Gasteiger partial charge on any atom is 0.221 e. The average molecular weight is 375 g/mol. The fraction of sp³-hybridized carbons (Fsp3) is 0.889. The molecule has 154 valence electrons. The van der Waals surface area contributed by atoms with Gasteiger partial charge in [-0.05, 0) is 47.3 Å². The Morgan fingerprint density at radius 2 is 1.27 bits per heavy atom. The third-order valence-corrected chi connectivity index (χ3v) is 3.68. The van der Waals surface area contributed by atoms with Crippen molar-refractivity contribution in [2.24, 2.45) is 0 Å². The first-order chi connectivity index (χ1) is 12.4. The molecule has 0 fully saturated rings. The van der Waals surface area contributed by atoms with Crippen LogP contribution in [0.5, 0.6) is 0 Å². The van der Waals surface area contributed by atoms with E-state index in [4.69, 9.17) is 9.47 Å². The van der Waals surface area contributed by atoms with Crippen molar-refractivity contribution in [2.75, 3.05) is 53.5 Å². The van der Waals surface area contributed by atoms with Gasteiger partial charge < -0.3 is 30.7 Å². The molecule has 0 heterocycles. The molecule has 8 heteroatoms. The van der Waals surface area contributed by atoms with Gasteiger partial charge in [0.2, 0.25) is 11.8 Å². The van der Waals surface area contributed by atoms with Gasteiger partial charge in [-0.1, -0.05) is 6.42 Å². The van der Waals surface area contributed by atoms with E-state index in [0.717, 1.165) is 25.8 Å². The first-order valence-corrected chi connectivity index (χ1v) is 9.52. The van der Waals surface area contributed by atoms with E-state index in [1.807, 2.05) is 27.9 Å². The highest BCUT2D eigenvalue weighted by molar-refractivity contribution is 5.76. The minimum absolute atomic E-state index is 0.00431. The van der Waals surface area contributed by atoms with Gasteiger partial charge in [0, 0.05) is 32.5 Å². The Kier molecular flexibility index (Phi) is 15.2. The summed E-state index contributed by atoms with van der Waals surface area (Å²) in [5.41, 5.74) is 0. The molecular weight excluding hydrogens is 336 g/mol. The van der Waals surface area contributed by atoms with Crippen molar-refractivity contribution in [1.29, 1.82) is 0 Å². The van der Waals surface area contributed by atoms with Gasteiger partial charge in [-0.15, -0.1) is 0 Å². The van der Waals surface area contributed by atoms with E-state index in [2.05, 4.69) is 21.3 Å². The van der Waals surface area contributed by atoms with Gasteiger partial charge in [-0.2, -0.15) is 0 Å². The van der Waals surface area contributed by atoms with E-state index in [1.165, 1.54) is 0 Å². The Bertz CT molecular complexity index is 378. The predicted molar refractivity (Wildman–Crippen MR) is 103 cm³/mol. The van der Waals surface area contributed by atoms with Gasteiger partial charge in [-0.25, -0.2) is 0 Å². The molecule has 0 aromatic heterocycles. The Morgan fingerprint density at radius 1 is 0.731 bits per heavy atom. The van der Waals surface area contributed by atoms with Crippen molar-refractivity contribution in [3.63, 3.8) is 0 Å². The van der Waals surface area contributed by atoms with Crippen LogP contribution in [-0.4, -0.2) is 71.1 Å². The Labute approximate surface area is 158 Å². The second-order valence-electron chi connectivity index (χ2n) is 6.56. The maximum absolute atomic E-state index is 11.7. The maximum atomic E-state index is 11.7. The van der Waals surface area contributed by atoms with Crippen LogP contribution in [0.1, 0.15) is 46.0 Å². The molecule has 0 bridgehead atoms. The molecule has 0 aromatic rings. The summed E-state index contributed by atoms with van der Waals surface area (Å²) in [6, 6.07) is 0. The second kappa shape index (κ2) is 16.0. The highest BCUT2D eigenvalue weighted by Crippen LogP contribution is 2.10. The van der Waals surface area contributed by atoms with Gasteiger partial charge in [0.15, 0.2) is 5.79 Å². The lowest BCUT2D eigenvalue weighted by Gasteiger charge is -2.26. The molecular formula is C18H38N4O4. The summed E-state index contributed by atoms with van der Waals surface area (Å²) in [6.45, 7) is 6.94. The van der Waals surface area contributed by atoms with Gasteiger partial charge in [-0.3, -0.25) is 9.59 Å². The summed E-state index contributed by atoms with van der Waals surface area (Å²) in [7, 11) is 3.74. The number of amides is 2. The van der Waals surface area contributed by atoms with E-state index in [-0.39, 0.29) is 11.8 Å². The van der Waals surface area contributed by atoms with Crippen LogP contribution in [0.2, 0.25) is 0 Å². The van der Waals surface area contributed by atoms with E-state index >= 15 is 0 Å². The number of unbranched alkanes of at least 4 members (excludes halogenated alkanes) is 2. The van der Waals surface area contributed by atoms with E-state index in [1.54, 1.807) is 0 Å². The lowest BCUT2D eigenvalue weighted by atomic mass is 10.2. The van der Waals surface area contributed by atoms with Crippen molar-refractivity contribution in [2.45, 2.75) is 51.7 Å². The van der Waals surface area contributed by atoms with Crippen LogP contribution in [-0.2, 0) is 19.1 Å². The van der Waals surface area contributed by atoms with Crippen LogP contribution in [0.4, 0.5) is 0 Å². The monoisotopic (exact) mass is 374 g/mol. The molecule has 0 aliphatic carbocycles. The SMILES string of the molecule is CNCCCCCC(=O)NCCOC(C)(C)OCCNC(=O)CCNC. The fourth-order valence-corrected chi connectivity index (χ4v) is 2.20. The Hall–Kier alpha value is -1.22. The summed E-state index contributed by atoms with van der Waals surface area (Å²) >= 11 is 0. The highest BCUT2D eigenvalue weighted by Gasteiger charge is 2.18. The molecule has 0 aliphatic rings. The summed E-state index contributed by atoms with van der Waals surface area (Å²) in [5.74, 6) is -0.704. The smallest absolute Gasteiger partial charge is 0.221 e. The number of hydrogen-bond acceptors (Lipinski definition) is 6. The van der Waals surface area contributed by atoms with Crippen LogP contribution in [0.15, 0.2) is 0 Å². The standard InChI is InChI=1S/C18H38N4O4/c1-18(2,26-15-13-22-17(24)9-11-20-4)25-14-12-21-16(23)8-6-5-7-10-19-3/h19-20H,5-15H2,1-4H3,(H,21,23)(H,22,24). The molecule has 0 atom stereocenters. The van der Waals surface area contributed by atoms with Gasteiger partial charge >= 0.3 is 0 Å². The first kappa shape index (κ1) is 24.8. The lowest BCUT2D eigenvalue weighted by molar-refractivity contribution is -0.211. The summed E-state index contributed by atoms with van der Waals surface area (Å²) in [5, 5.41) is 11.6. The van der Waals surface area contributed by atoms with Gasteiger partial charge in [0.25, 0.3) is 0 Å². The minimum atomic E-state index is -0.756. The van der Waals surface area contributed by atoms with E-state index in [9.17, 15) is 9.59 Å². The molecule has 8 nitrogen and oxygen atoms in total. The third kappa shape index (κ3) is 16.3. The van der Waals surface area contributed by atoms with Crippen molar-refractivity contribution in [3.05, 3.63) is 0 Å². The molecule has 0 saturated heterocycles. The molecule has 0 aliphatic heterocycles. The molecule has 26 heavy (non-hydrogen) atoms. The normalized spacial score (nSPS) is 11.4. The topological polar surface area (TPSA) is 101 Å². The first-order valence-electron chi connectivity index (χ1n) is 9.52. The number of ether oxygens (including phenoxy) is 2. The molecule has 0 saturated carbocycles. The number of carbonyl (C=O) groups excluding carboxylic acids is 2. The molecule has 2 amide bonds. The van der Waals surface area contributed by atoms with Crippen LogP contribution in [0, 0.1) is 0 Å². The Balaban J connectivity index is 3.61. The lowest BCUT2D eigenvalue weighted by Crippen LogP contribution is -2.36. The van der Waals surface area contributed by atoms with Crippen LogP contribution < -0.4 is 21.3 Å². The van der Waals surface area contributed by atoms with Crippen molar-refractivity contribution < 1.29 is 19.1 Å². The van der Waals surface area contributed by atoms with Crippen LogP contribution in [0.25, 0.3) is 0 Å². The minimum Gasteiger partial charge on any atom is -0.354 e. The quantitative estimate of drug-likeness (QED) is 0.217. The summed E-state index contributed by atoms with van der Waals surface area (Å²) in [4.78, 5) is 23.1. The molecule has 4 N–H and O–H groups in total. The zero-order valence-corrected chi connectivity index (χ0v) is 16.9. The molecule has 0 rings (SSSR count). The fourth-order valence-electron chi connectivity index (χ4n) is 2.20. The predicted octanol–water partition coefficient (Wildman–Crippen LogP) is 0.377. The van der Waals surface area contributed by atoms with Gasteiger partial charge in [0.05, 0.1) is 13.2 Å². The van der Waals surface area contributed by atoms with Crippen LogP contribution in [0.3, 0.4) is 0 Å². The van der Waals surface area contributed by atoms with Crippen LogP contribution >= 0.6 is 0 Å². The number of nitrogens with one attached hydrogen (secondary N) is 4. The van der Waals surface area contributed by atoms with Crippen molar-refractivity contribution >= 4 is 11.8 Å². The van der Waals surface area contributed by atoms with Crippen molar-refractivity contribution in [3.8, 4) is 0 Å². The molecule has 0 unspecified atom stereocenters. The molecule has 0 radical (unpaired) electrons. The second-order valence-corrected chi connectivity index (χ2v) is 6.56. The van der Waals surface area contributed by atoms with Crippen molar-refractivity contribution in [1.82, 2.24) is 21.3 Å². The molecule has 0 aromatic carbocycles. The molecule has 0 spiro atoms. The third-order valence-electron chi connectivity index (χ3n) is 3.68. The highest BCUT2D eigenvalue weighted by atomic mass is 16.7. The Morgan fingerprint density at radius 3 is 1.81 bits per heavy atom. The zero-order valence-electron chi connectivity index (χ0n) is 16.9. The van der Waals surface area contributed by atoms with E-state index in [0.29, 0.717) is 45.7 Å². The summed E-state index contributed by atoms with van der Waals surface area (Å²) < 4.78 is 11.3. The largest absolute Gasteiger partial charge is 0.354 e. The number of rotatable bonds is 17. The van der Waals surface area contributed by atoms with Gasteiger partial charge in [0.1, 0.15) is 0 Å².